The third kappa shape index (κ3) is 5.97. The lowest BCUT2D eigenvalue weighted by Crippen LogP contribution is -2.25. The number of ether oxygens (including phenoxy) is 1. The minimum Gasteiger partial charge on any atom is -0.492 e. The summed E-state index contributed by atoms with van der Waals surface area (Å²) < 4.78 is 34.8. The molecule has 0 aliphatic carbocycles. The van der Waals surface area contributed by atoms with Crippen LogP contribution in [0.2, 0.25) is 0 Å². The molecule has 216 valence electrons. The Morgan fingerprint density at radius 3 is 2.45 bits per heavy atom. The van der Waals surface area contributed by atoms with Gasteiger partial charge in [0.2, 0.25) is 11.9 Å². The first kappa shape index (κ1) is 27.4. The molecule has 2 aromatic carbocycles. The van der Waals surface area contributed by atoms with E-state index in [0.717, 1.165) is 35.2 Å². The Balaban J connectivity index is 1.16. The Labute approximate surface area is 243 Å². The first-order valence-corrected chi connectivity index (χ1v) is 15.1. The van der Waals surface area contributed by atoms with Crippen molar-refractivity contribution in [1.29, 1.82) is 0 Å². The fraction of sp³-hybridized carbons (Fsp3) is 0.241. The molecular formula is C29H30N8O4S. The smallest absolute Gasteiger partial charge is 0.282 e. The van der Waals surface area contributed by atoms with Crippen LogP contribution >= 0.6 is 0 Å². The van der Waals surface area contributed by atoms with Gasteiger partial charge in [-0.1, -0.05) is 6.07 Å². The number of nitrogens with zero attached hydrogens (tertiary/aromatic N) is 6. The van der Waals surface area contributed by atoms with E-state index in [1.54, 1.807) is 4.52 Å². The Morgan fingerprint density at radius 1 is 0.976 bits per heavy atom. The summed E-state index contributed by atoms with van der Waals surface area (Å²) in [6.07, 6.45) is 5.43. The van der Waals surface area contributed by atoms with Crippen LogP contribution in [0.15, 0.2) is 84.0 Å². The zero-order valence-electron chi connectivity index (χ0n) is 23.0. The van der Waals surface area contributed by atoms with Gasteiger partial charge in [0.05, 0.1) is 23.0 Å². The highest BCUT2D eigenvalue weighted by atomic mass is 32.2. The summed E-state index contributed by atoms with van der Waals surface area (Å²) in [5, 5.41) is 14.5. The molecule has 4 heterocycles. The van der Waals surface area contributed by atoms with Gasteiger partial charge < -0.3 is 15.4 Å². The third-order valence-electron chi connectivity index (χ3n) is 6.92. The lowest BCUT2D eigenvalue weighted by atomic mass is 10.2. The average molecular weight is 587 g/mol. The molecule has 0 unspecified atom stereocenters. The second kappa shape index (κ2) is 11.6. The van der Waals surface area contributed by atoms with Gasteiger partial charge in [-0.05, 0) is 86.6 Å². The molecule has 0 bridgehead atoms. The minimum atomic E-state index is -3.95. The maximum atomic E-state index is 13.2. The quantitative estimate of drug-likeness (QED) is 0.249. The molecule has 1 aliphatic heterocycles. The number of aromatic nitrogens is 5. The highest BCUT2D eigenvalue weighted by Crippen LogP contribution is 2.25. The van der Waals surface area contributed by atoms with Crippen LogP contribution in [-0.2, 0) is 14.8 Å². The summed E-state index contributed by atoms with van der Waals surface area (Å²) >= 11 is 0. The van der Waals surface area contributed by atoms with E-state index >= 15 is 0 Å². The first-order chi connectivity index (χ1) is 20.3. The number of pyridine rings is 1. The Hall–Kier alpha value is -4.75. The monoisotopic (exact) mass is 586 g/mol. The van der Waals surface area contributed by atoms with E-state index in [-0.39, 0.29) is 10.8 Å². The molecule has 1 amide bonds. The molecule has 6 rings (SSSR count). The molecule has 0 atom stereocenters. The second-order valence-corrected chi connectivity index (χ2v) is 11.8. The highest BCUT2D eigenvalue weighted by molar-refractivity contribution is 7.89. The number of benzene rings is 2. The van der Waals surface area contributed by atoms with Crippen molar-refractivity contribution in [2.24, 2.45) is 0 Å². The number of likely N-dealkylation sites (tertiary alicyclic amines) is 1. The first-order valence-electron chi connectivity index (χ1n) is 13.6. The van der Waals surface area contributed by atoms with E-state index in [1.165, 1.54) is 56.4 Å². The molecule has 42 heavy (non-hydrogen) atoms. The normalized spacial score (nSPS) is 13.8. The van der Waals surface area contributed by atoms with E-state index < -0.39 is 10.0 Å². The van der Waals surface area contributed by atoms with E-state index in [1.807, 2.05) is 42.5 Å². The van der Waals surface area contributed by atoms with Crippen LogP contribution in [-0.4, -0.2) is 69.2 Å². The zero-order valence-corrected chi connectivity index (χ0v) is 23.8. The van der Waals surface area contributed by atoms with Crippen LogP contribution in [0.25, 0.3) is 16.9 Å². The average Bonchev–Trinajstić information content (AvgIpc) is 3.75. The number of amides is 1. The summed E-state index contributed by atoms with van der Waals surface area (Å²) in [5.74, 6) is 0.958. The van der Waals surface area contributed by atoms with Crippen molar-refractivity contribution in [3.63, 3.8) is 0 Å². The van der Waals surface area contributed by atoms with E-state index in [4.69, 9.17) is 4.74 Å². The maximum Gasteiger partial charge on any atom is 0.282 e. The molecule has 1 saturated heterocycles. The molecule has 0 radical (unpaired) electrons. The molecule has 5 aromatic rings. The number of rotatable bonds is 10. The van der Waals surface area contributed by atoms with Crippen LogP contribution in [0.1, 0.15) is 19.8 Å². The molecule has 2 N–H and O–H groups in total. The number of hydrogen-bond donors (Lipinski definition) is 2. The van der Waals surface area contributed by atoms with Crippen molar-refractivity contribution in [2.75, 3.05) is 36.9 Å². The molecule has 1 fully saturated rings. The molecule has 12 nitrogen and oxygen atoms in total. The third-order valence-corrected chi connectivity index (χ3v) is 8.48. The predicted molar refractivity (Wildman–Crippen MR) is 158 cm³/mol. The lowest BCUT2D eigenvalue weighted by Gasteiger charge is -2.15. The number of carbonyl (C=O) groups is 1. The summed E-state index contributed by atoms with van der Waals surface area (Å²) in [7, 11) is -3.95. The van der Waals surface area contributed by atoms with Crippen molar-refractivity contribution in [1.82, 2.24) is 28.7 Å². The van der Waals surface area contributed by atoms with Gasteiger partial charge in [-0.2, -0.15) is 22.6 Å². The largest absolute Gasteiger partial charge is 0.492 e. The van der Waals surface area contributed by atoms with Crippen molar-refractivity contribution >= 4 is 38.9 Å². The number of anilines is 3. The van der Waals surface area contributed by atoms with Gasteiger partial charge in [0.1, 0.15) is 12.4 Å². The predicted octanol–water partition coefficient (Wildman–Crippen LogP) is 4.01. The van der Waals surface area contributed by atoms with Gasteiger partial charge in [-0.25, -0.2) is 4.52 Å². The summed E-state index contributed by atoms with van der Waals surface area (Å²) in [6.45, 7) is 5.28. The molecule has 0 saturated carbocycles. The fourth-order valence-corrected chi connectivity index (χ4v) is 5.95. The summed E-state index contributed by atoms with van der Waals surface area (Å²) in [5.41, 5.74) is 3.06. The molecule has 13 heteroatoms. The maximum absolute atomic E-state index is 13.2. The number of nitrogens with one attached hydrogen (secondary N) is 2. The Morgan fingerprint density at radius 2 is 1.71 bits per heavy atom. The minimum absolute atomic E-state index is 0.0414. The van der Waals surface area contributed by atoms with Gasteiger partial charge in [-0.3, -0.25) is 9.69 Å². The summed E-state index contributed by atoms with van der Waals surface area (Å²) in [6, 6.07) is 19.0. The van der Waals surface area contributed by atoms with E-state index in [9.17, 15) is 13.2 Å². The molecule has 0 spiro atoms. The van der Waals surface area contributed by atoms with Crippen LogP contribution < -0.4 is 15.4 Å². The highest BCUT2D eigenvalue weighted by Gasteiger charge is 2.20. The van der Waals surface area contributed by atoms with E-state index in [0.29, 0.717) is 35.1 Å². The van der Waals surface area contributed by atoms with Crippen molar-refractivity contribution in [2.45, 2.75) is 24.7 Å². The standard InChI is InChI=1S/C29H30N8O4S/c1-21(38)31-23-9-13-26(14-10-23)42(39,40)36-20-22(19-30-36)27-5-4-6-28-33-29(34-37(27)28)32-24-7-11-25(12-8-24)41-18-17-35-15-2-3-16-35/h4-14,19-20H,2-3,15-18H2,1H3,(H,31,38)(H,32,34). The van der Waals surface area contributed by atoms with Gasteiger partial charge in [-0.15, -0.1) is 5.10 Å². The van der Waals surface area contributed by atoms with E-state index in [2.05, 4.69) is 30.7 Å². The fourth-order valence-electron chi connectivity index (χ4n) is 4.83. The SMILES string of the molecule is CC(=O)Nc1ccc(S(=O)(=O)n2cc(-c3cccc4nc(Nc5ccc(OCCN6CCCC6)cc5)nn34)cn2)cc1. The second-order valence-electron chi connectivity index (χ2n) is 9.98. The van der Waals surface area contributed by atoms with Gasteiger partial charge in [0, 0.05) is 30.4 Å². The van der Waals surface area contributed by atoms with Gasteiger partial charge in [0.15, 0.2) is 5.65 Å². The topological polar surface area (TPSA) is 136 Å². The van der Waals surface area contributed by atoms with Crippen LogP contribution in [0.5, 0.6) is 5.75 Å². The van der Waals surface area contributed by atoms with Crippen LogP contribution in [0, 0.1) is 0 Å². The van der Waals surface area contributed by atoms with Crippen molar-refractivity contribution in [3.05, 3.63) is 79.1 Å². The number of carbonyl (C=O) groups excluding carboxylic acids is 1. The van der Waals surface area contributed by atoms with Gasteiger partial charge >= 0.3 is 0 Å². The van der Waals surface area contributed by atoms with Crippen molar-refractivity contribution in [3.8, 4) is 17.0 Å². The Bertz CT molecular complexity index is 1810. The number of hydrogen-bond acceptors (Lipinski definition) is 9. The van der Waals surface area contributed by atoms with Gasteiger partial charge in [0.25, 0.3) is 10.0 Å². The molecular weight excluding hydrogens is 556 g/mol. The van der Waals surface area contributed by atoms with Crippen LogP contribution in [0.4, 0.5) is 17.3 Å². The number of fused-ring (bicyclic) bond motifs is 1. The summed E-state index contributed by atoms with van der Waals surface area (Å²) in [4.78, 5) is 18.3. The Kier molecular flexibility index (Phi) is 7.59. The molecule has 1 aliphatic rings. The molecule has 3 aromatic heterocycles. The lowest BCUT2D eigenvalue weighted by molar-refractivity contribution is -0.114. The van der Waals surface area contributed by atoms with Crippen molar-refractivity contribution < 1.29 is 17.9 Å². The zero-order chi connectivity index (χ0) is 29.1. The van der Waals surface area contributed by atoms with Crippen LogP contribution in [0.3, 0.4) is 0 Å².